The molecule has 2 N–H and O–H groups in total. The summed E-state index contributed by atoms with van der Waals surface area (Å²) in [6.07, 6.45) is 1.43. The highest BCUT2D eigenvalue weighted by atomic mass is 16.6. The lowest BCUT2D eigenvalue weighted by Gasteiger charge is -2.31. The summed E-state index contributed by atoms with van der Waals surface area (Å²) in [5, 5.41) is 11.8. The number of rotatable bonds is 3. The summed E-state index contributed by atoms with van der Waals surface area (Å²) < 4.78 is 5.37. The molecule has 16 heavy (non-hydrogen) atoms. The molecule has 2 heterocycles. The smallest absolute Gasteiger partial charge is 0.410 e. The monoisotopic (exact) mass is 228 g/mol. The Balaban J connectivity index is 1.92. The number of hydrogen-bond acceptors (Lipinski definition) is 4. The summed E-state index contributed by atoms with van der Waals surface area (Å²) in [5.74, 6) is -0.893. The number of carbonyl (C=O) groups excluding carboxylic acids is 1. The van der Waals surface area contributed by atoms with Crippen LogP contribution in [0.15, 0.2) is 0 Å². The van der Waals surface area contributed by atoms with Crippen LogP contribution in [-0.2, 0) is 9.53 Å². The maximum Gasteiger partial charge on any atom is 0.410 e. The third-order valence-electron chi connectivity index (χ3n) is 3.07. The highest BCUT2D eigenvalue weighted by molar-refractivity contribution is 5.72. The lowest BCUT2D eigenvalue weighted by atomic mass is 9.94. The van der Waals surface area contributed by atoms with Gasteiger partial charge in [-0.25, -0.2) is 4.79 Å². The Morgan fingerprint density at radius 1 is 1.62 bits per heavy atom. The fourth-order valence-corrected chi connectivity index (χ4v) is 2.26. The molecule has 0 aromatic rings. The minimum absolute atomic E-state index is 0.0292. The van der Waals surface area contributed by atoms with Crippen LogP contribution in [0, 0.1) is 0 Å². The van der Waals surface area contributed by atoms with Crippen LogP contribution in [0.25, 0.3) is 0 Å². The van der Waals surface area contributed by atoms with Crippen LogP contribution < -0.4 is 5.32 Å². The van der Waals surface area contributed by atoms with Crippen LogP contribution in [0.5, 0.6) is 0 Å². The van der Waals surface area contributed by atoms with Crippen molar-refractivity contribution in [3.05, 3.63) is 0 Å². The fraction of sp³-hybridized carbons (Fsp3) is 0.800. The summed E-state index contributed by atoms with van der Waals surface area (Å²) in [5.41, 5.74) is -0.423. The van der Waals surface area contributed by atoms with Gasteiger partial charge >= 0.3 is 12.1 Å². The van der Waals surface area contributed by atoms with Gasteiger partial charge in [-0.15, -0.1) is 0 Å². The number of carboxylic acid groups (broad SMARTS) is 1. The van der Waals surface area contributed by atoms with E-state index in [1.807, 2.05) is 0 Å². The van der Waals surface area contributed by atoms with E-state index >= 15 is 0 Å². The summed E-state index contributed by atoms with van der Waals surface area (Å²) in [7, 11) is 0. The van der Waals surface area contributed by atoms with E-state index < -0.39 is 11.6 Å². The molecule has 0 bridgehead atoms. The quantitative estimate of drug-likeness (QED) is 0.712. The normalized spacial score (nSPS) is 29.5. The van der Waals surface area contributed by atoms with Gasteiger partial charge in [0, 0.05) is 13.1 Å². The van der Waals surface area contributed by atoms with Crippen LogP contribution in [0.3, 0.4) is 0 Å². The third-order valence-corrected chi connectivity index (χ3v) is 3.07. The lowest BCUT2D eigenvalue weighted by Crippen LogP contribution is -2.48. The van der Waals surface area contributed by atoms with Crippen LogP contribution in [0.1, 0.15) is 19.3 Å². The molecule has 1 atom stereocenters. The molecule has 0 radical (unpaired) electrons. The van der Waals surface area contributed by atoms with Crippen molar-refractivity contribution >= 4 is 12.1 Å². The number of nitrogens with zero attached hydrogens (tertiary/aromatic N) is 1. The largest absolute Gasteiger partial charge is 0.481 e. The van der Waals surface area contributed by atoms with Crippen molar-refractivity contribution < 1.29 is 19.4 Å². The second-order valence-electron chi connectivity index (χ2n) is 4.40. The first-order valence-electron chi connectivity index (χ1n) is 5.52. The average molecular weight is 228 g/mol. The number of aliphatic carboxylic acids is 1. The first-order valence-corrected chi connectivity index (χ1v) is 5.52. The number of ether oxygens (including phenoxy) is 1. The zero-order valence-electron chi connectivity index (χ0n) is 9.07. The summed E-state index contributed by atoms with van der Waals surface area (Å²) >= 11 is 0. The van der Waals surface area contributed by atoms with E-state index in [-0.39, 0.29) is 19.1 Å². The van der Waals surface area contributed by atoms with E-state index in [0.29, 0.717) is 13.1 Å². The van der Waals surface area contributed by atoms with E-state index in [2.05, 4.69) is 5.32 Å². The first-order chi connectivity index (χ1) is 7.61. The Labute approximate surface area is 93.6 Å². The van der Waals surface area contributed by atoms with E-state index in [0.717, 1.165) is 19.4 Å². The Morgan fingerprint density at radius 2 is 2.44 bits per heavy atom. The third kappa shape index (κ3) is 2.27. The van der Waals surface area contributed by atoms with Gasteiger partial charge in [-0.1, -0.05) is 0 Å². The molecule has 0 aromatic heterocycles. The van der Waals surface area contributed by atoms with Gasteiger partial charge in [-0.05, 0) is 19.4 Å². The predicted molar refractivity (Wildman–Crippen MR) is 55.1 cm³/mol. The SMILES string of the molecule is O=C(O)CCN1CC2(CCCNC2)OC1=O. The number of carbonyl (C=O) groups is 2. The molecule has 2 aliphatic rings. The highest BCUT2D eigenvalue weighted by Crippen LogP contribution is 2.29. The summed E-state index contributed by atoms with van der Waals surface area (Å²) in [6, 6.07) is 0. The zero-order chi connectivity index (χ0) is 11.6. The molecule has 6 nitrogen and oxygen atoms in total. The van der Waals surface area contributed by atoms with Crippen molar-refractivity contribution in [2.75, 3.05) is 26.2 Å². The number of amides is 1. The molecule has 6 heteroatoms. The van der Waals surface area contributed by atoms with Gasteiger partial charge in [0.2, 0.25) is 0 Å². The van der Waals surface area contributed by atoms with Gasteiger partial charge < -0.3 is 20.1 Å². The van der Waals surface area contributed by atoms with Crippen LogP contribution in [0.4, 0.5) is 4.79 Å². The van der Waals surface area contributed by atoms with Crippen molar-refractivity contribution in [1.29, 1.82) is 0 Å². The molecule has 2 rings (SSSR count). The molecule has 1 unspecified atom stereocenters. The lowest BCUT2D eigenvalue weighted by molar-refractivity contribution is -0.137. The molecule has 2 aliphatic heterocycles. The summed E-state index contributed by atoms with van der Waals surface area (Å²) in [4.78, 5) is 23.5. The van der Waals surface area contributed by atoms with E-state index in [4.69, 9.17) is 9.84 Å². The van der Waals surface area contributed by atoms with Gasteiger partial charge in [-0.3, -0.25) is 4.79 Å². The summed E-state index contributed by atoms with van der Waals surface area (Å²) in [6.45, 7) is 2.36. The molecule has 0 aliphatic carbocycles. The van der Waals surface area contributed by atoms with Gasteiger partial charge in [0.1, 0.15) is 5.60 Å². The molecule has 1 amide bonds. The Hall–Kier alpha value is -1.30. The van der Waals surface area contributed by atoms with Crippen molar-refractivity contribution in [3.63, 3.8) is 0 Å². The van der Waals surface area contributed by atoms with Crippen LogP contribution in [0.2, 0.25) is 0 Å². The second kappa shape index (κ2) is 4.29. The number of hydrogen-bond donors (Lipinski definition) is 2. The van der Waals surface area contributed by atoms with E-state index in [1.54, 1.807) is 0 Å². The molecule has 2 saturated heterocycles. The molecular formula is C10H16N2O4. The molecule has 0 saturated carbocycles. The van der Waals surface area contributed by atoms with Crippen molar-refractivity contribution in [1.82, 2.24) is 10.2 Å². The second-order valence-corrected chi connectivity index (χ2v) is 4.40. The Bertz CT molecular complexity index is 299. The van der Waals surface area contributed by atoms with Crippen LogP contribution in [-0.4, -0.2) is 53.8 Å². The molecule has 90 valence electrons. The predicted octanol–water partition coefficient (Wildman–Crippen LogP) is 0.0355. The Morgan fingerprint density at radius 3 is 3.06 bits per heavy atom. The van der Waals surface area contributed by atoms with Gasteiger partial charge in [0.15, 0.2) is 0 Å². The maximum absolute atomic E-state index is 11.5. The van der Waals surface area contributed by atoms with Gasteiger partial charge in [0.05, 0.1) is 13.0 Å². The van der Waals surface area contributed by atoms with Gasteiger partial charge in [0.25, 0.3) is 0 Å². The first kappa shape index (κ1) is 11.2. The van der Waals surface area contributed by atoms with E-state index in [9.17, 15) is 9.59 Å². The molecule has 2 fully saturated rings. The fourth-order valence-electron chi connectivity index (χ4n) is 2.26. The minimum atomic E-state index is -0.893. The maximum atomic E-state index is 11.5. The van der Waals surface area contributed by atoms with Crippen molar-refractivity contribution in [3.8, 4) is 0 Å². The zero-order valence-corrected chi connectivity index (χ0v) is 9.07. The number of nitrogens with one attached hydrogen (secondary N) is 1. The topological polar surface area (TPSA) is 78.9 Å². The average Bonchev–Trinajstić information content (AvgIpc) is 2.53. The molecule has 0 aromatic carbocycles. The van der Waals surface area contributed by atoms with Crippen molar-refractivity contribution in [2.45, 2.75) is 24.9 Å². The number of piperidine rings is 1. The molecular weight excluding hydrogens is 212 g/mol. The highest BCUT2D eigenvalue weighted by Gasteiger charge is 2.45. The standard InChI is InChI=1S/C10H16N2O4/c13-8(14)2-5-12-7-10(16-9(12)15)3-1-4-11-6-10/h11H,1-7H2,(H,13,14). The Kier molecular flexibility index (Phi) is 3.00. The molecule has 1 spiro atoms. The van der Waals surface area contributed by atoms with Crippen molar-refractivity contribution in [2.24, 2.45) is 0 Å². The van der Waals surface area contributed by atoms with E-state index in [1.165, 1.54) is 4.90 Å². The van der Waals surface area contributed by atoms with Crippen LogP contribution >= 0.6 is 0 Å². The minimum Gasteiger partial charge on any atom is -0.481 e. The van der Waals surface area contributed by atoms with Gasteiger partial charge in [-0.2, -0.15) is 0 Å². The number of carboxylic acids is 1.